The summed E-state index contributed by atoms with van der Waals surface area (Å²) < 4.78 is 13.1. The maximum atomic E-state index is 11.1. The van der Waals surface area contributed by atoms with Crippen LogP contribution >= 0.6 is 0 Å². The molecule has 2 N–H and O–H groups in total. The number of hydrogen-bond acceptors (Lipinski definition) is 2. The fourth-order valence-corrected chi connectivity index (χ4v) is 2.47. The van der Waals surface area contributed by atoms with Gasteiger partial charge in [-0.3, -0.25) is 0 Å². The van der Waals surface area contributed by atoms with Gasteiger partial charge in [-0.25, -0.2) is 8.51 Å². The first kappa shape index (κ1) is 9.16. The molecule has 0 bridgehead atoms. The lowest BCUT2D eigenvalue weighted by molar-refractivity contribution is 0.258. The van der Waals surface area contributed by atoms with Crippen molar-refractivity contribution in [3.63, 3.8) is 0 Å². The van der Waals surface area contributed by atoms with Gasteiger partial charge in [-0.1, -0.05) is 0 Å². The SMILES string of the molecule is CC1CCC(N)CN1S(C)=O. The van der Waals surface area contributed by atoms with Gasteiger partial charge in [-0.05, 0) is 19.8 Å². The molecule has 3 nitrogen and oxygen atoms in total. The van der Waals surface area contributed by atoms with Crippen LogP contribution in [-0.2, 0) is 11.0 Å². The molecule has 4 heteroatoms. The highest BCUT2D eigenvalue weighted by atomic mass is 32.2. The molecule has 0 amide bonds. The van der Waals surface area contributed by atoms with Crippen molar-refractivity contribution in [1.29, 1.82) is 0 Å². The van der Waals surface area contributed by atoms with Gasteiger partial charge < -0.3 is 5.73 Å². The Morgan fingerprint density at radius 1 is 1.55 bits per heavy atom. The molecule has 0 aromatic carbocycles. The second-order valence-electron chi connectivity index (χ2n) is 3.21. The van der Waals surface area contributed by atoms with E-state index in [0.717, 1.165) is 19.4 Å². The Morgan fingerprint density at radius 2 is 2.18 bits per heavy atom. The fourth-order valence-electron chi connectivity index (χ4n) is 1.46. The Morgan fingerprint density at radius 3 is 2.64 bits per heavy atom. The minimum Gasteiger partial charge on any atom is -0.327 e. The van der Waals surface area contributed by atoms with Crippen molar-refractivity contribution >= 4 is 11.0 Å². The van der Waals surface area contributed by atoms with Gasteiger partial charge in [0.2, 0.25) is 0 Å². The molecule has 0 aromatic rings. The van der Waals surface area contributed by atoms with Gasteiger partial charge in [-0.15, -0.1) is 0 Å². The van der Waals surface area contributed by atoms with Crippen LogP contribution in [0.2, 0.25) is 0 Å². The monoisotopic (exact) mass is 176 g/mol. The Labute approximate surface area is 70.5 Å². The molecule has 0 aliphatic carbocycles. The van der Waals surface area contributed by atoms with Crippen LogP contribution < -0.4 is 5.73 Å². The molecule has 3 atom stereocenters. The molecule has 1 aliphatic rings. The number of piperidine rings is 1. The largest absolute Gasteiger partial charge is 0.327 e. The van der Waals surface area contributed by atoms with Crippen molar-refractivity contribution in [3.8, 4) is 0 Å². The zero-order chi connectivity index (χ0) is 8.43. The zero-order valence-electron chi connectivity index (χ0n) is 7.12. The summed E-state index contributed by atoms with van der Waals surface area (Å²) in [6.45, 7) is 2.89. The van der Waals surface area contributed by atoms with Crippen LogP contribution in [0.1, 0.15) is 19.8 Å². The first-order valence-electron chi connectivity index (χ1n) is 3.97. The number of rotatable bonds is 1. The van der Waals surface area contributed by atoms with Crippen LogP contribution in [0.4, 0.5) is 0 Å². The molecule has 1 saturated heterocycles. The van der Waals surface area contributed by atoms with E-state index in [2.05, 4.69) is 6.92 Å². The lowest BCUT2D eigenvalue weighted by Gasteiger charge is -2.34. The van der Waals surface area contributed by atoms with E-state index >= 15 is 0 Å². The summed E-state index contributed by atoms with van der Waals surface area (Å²) in [5, 5.41) is 0. The lowest BCUT2D eigenvalue weighted by atomic mass is 10.0. The van der Waals surface area contributed by atoms with Crippen LogP contribution in [0.25, 0.3) is 0 Å². The average Bonchev–Trinajstić information content (AvgIpc) is 1.94. The van der Waals surface area contributed by atoms with Crippen molar-refractivity contribution in [2.24, 2.45) is 5.73 Å². The molecule has 11 heavy (non-hydrogen) atoms. The standard InChI is InChI=1S/C7H16N2OS/c1-6-3-4-7(8)5-9(6)11(2)10/h6-7H,3-5,8H2,1-2H3. The van der Waals surface area contributed by atoms with Gasteiger partial charge >= 0.3 is 0 Å². The topological polar surface area (TPSA) is 46.3 Å². The second-order valence-corrected chi connectivity index (χ2v) is 4.53. The third kappa shape index (κ3) is 2.25. The van der Waals surface area contributed by atoms with Crippen LogP contribution in [0.5, 0.6) is 0 Å². The van der Waals surface area contributed by atoms with Crippen LogP contribution in [0, 0.1) is 0 Å². The van der Waals surface area contributed by atoms with E-state index in [4.69, 9.17) is 5.73 Å². The van der Waals surface area contributed by atoms with Crippen LogP contribution in [0.15, 0.2) is 0 Å². The fraction of sp³-hybridized carbons (Fsp3) is 1.00. The highest BCUT2D eigenvalue weighted by Crippen LogP contribution is 2.16. The molecule has 3 unspecified atom stereocenters. The second kappa shape index (κ2) is 3.65. The Kier molecular flexibility index (Phi) is 3.04. The van der Waals surface area contributed by atoms with E-state index in [9.17, 15) is 4.21 Å². The number of hydrogen-bond donors (Lipinski definition) is 1. The van der Waals surface area contributed by atoms with E-state index in [1.807, 2.05) is 4.31 Å². The molecule has 1 heterocycles. The van der Waals surface area contributed by atoms with Crippen LogP contribution in [-0.4, -0.2) is 33.4 Å². The summed E-state index contributed by atoms with van der Waals surface area (Å²) in [6.07, 6.45) is 3.85. The van der Waals surface area contributed by atoms with Gasteiger partial charge in [0.1, 0.15) is 0 Å². The first-order valence-corrected chi connectivity index (χ1v) is 5.48. The quantitative estimate of drug-likeness (QED) is 0.615. The van der Waals surface area contributed by atoms with Crippen molar-refractivity contribution in [3.05, 3.63) is 0 Å². The molecule has 1 aliphatic heterocycles. The molecule has 1 rings (SSSR count). The van der Waals surface area contributed by atoms with E-state index in [1.54, 1.807) is 6.26 Å². The van der Waals surface area contributed by atoms with E-state index < -0.39 is 11.0 Å². The summed E-state index contributed by atoms with van der Waals surface area (Å²) in [5.74, 6) is 0. The van der Waals surface area contributed by atoms with Crippen molar-refractivity contribution in [1.82, 2.24) is 4.31 Å². The van der Waals surface area contributed by atoms with Gasteiger partial charge in [-0.2, -0.15) is 0 Å². The summed E-state index contributed by atoms with van der Waals surface area (Å²) in [6, 6.07) is 0.649. The third-order valence-electron chi connectivity index (χ3n) is 2.19. The van der Waals surface area contributed by atoms with E-state index in [-0.39, 0.29) is 6.04 Å². The first-order chi connectivity index (χ1) is 5.11. The Balaban J connectivity index is 2.54. The normalized spacial score (nSPS) is 37.0. The summed E-state index contributed by atoms with van der Waals surface area (Å²) in [7, 11) is -0.849. The molecule has 1 fully saturated rings. The van der Waals surface area contributed by atoms with Crippen molar-refractivity contribution in [2.75, 3.05) is 12.8 Å². The Hall–Kier alpha value is 0.0700. The predicted molar refractivity (Wildman–Crippen MR) is 47.4 cm³/mol. The van der Waals surface area contributed by atoms with Crippen molar-refractivity contribution in [2.45, 2.75) is 31.8 Å². The van der Waals surface area contributed by atoms with Gasteiger partial charge in [0.25, 0.3) is 0 Å². The van der Waals surface area contributed by atoms with Gasteiger partial charge in [0.05, 0.1) is 11.0 Å². The van der Waals surface area contributed by atoms with Crippen LogP contribution in [0.3, 0.4) is 0 Å². The average molecular weight is 176 g/mol. The third-order valence-corrected chi connectivity index (χ3v) is 3.36. The molecule has 0 spiro atoms. The number of nitrogens with zero attached hydrogens (tertiary/aromatic N) is 1. The minimum atomic E-state index is -0.849. The Bertz CT molecular complexity index is 163. The highest BCUT2D eigenvalue weighted by Gasteiger charge is 2.24. The number of nitrogens with two attached hydrogens (primary N) is 1. The molecule has 0 aromatic heterocycles. The maximum Gasteiger partial charge on any atom is 0.0913 e. The lowest BCUT2D eigenvalue weighted by Crippen LogP contribution is -2.47. The van der Waals surface area contributed by atoms with E-state index in [1.165, 1.54) is 0 Å². The molecule has 66 valence electrons. The molecular formula is C7H16N2OS. The maximum absolute atomic E-state index is 11.1. The predicted octanol–water partition coefficient (Wildman–Crippen LogP) is 0.0915. The zero-order valence-corrected chi connectivity index (χ0v) is 7.93. The molecular weight excluding hydrogens is 160 g/mol. The summed E-state index contributed by atoms with van der Waals surface area (Å²) in [4.78, 5) is 0. The van der Waals surface area contributed by atoms with E-state index in [0.29, 0.717) is 6.04 Å². The van der Waals surface area contributed by atoms with Crippen molar-refractivity contribution < 1.29 is 4.21 Å². The summed E-state index contributed by atoms with van der Waals surface area (Å²) in [5.41, 5.74) is 5.75. The highest BCUT2D eigenvalue weighted by molar-refractivity contribution is 7.81. The smallest absolute Gasteiger partial charge is 0.0913 e. The van der Waals surface area contributed by atoms with Gasteiger partial charge in [0.15, 0.2) is 0 Å². The van der Waals surface area contributed by atoms with Gasteiger partial charge in [0, 0.05) is 24.9 Å². The molecule has 0 saturated carbocycles. The molecule has 0 radical (unpaired) electrons. The summed E-state index contributed by atoms with van der Waals surface area (Å²) >= 11 is 0. The minimum absolute atomic E-state index is 0.218.